The van der Waals surface area contributed by atoms with Crippen molar-refractivity contribution in [3.8, 4) is 0 Å². The Kier molecular flexibility index (Phi) is 14.9. The van der Waals surface area contributed by atoms with E-state index in [9.17, 15) is 9.59 Å². The number of carbonyl (C=O) groups excluding carboxylic acids is 2. The van der Waals surface area contributed by atoms with Crippen LogP contribution in [0.4, 0.5) is 0 Å². The number of amides is 1. The minimum Gasteiger partial charge on any atom is -0.334 e. The van der Waals surface area contributed by atoms with Crippen molar-refractivity contribution in [1.82, 2.24) is 4.90 Å². The van der Waals surface area contributed by atoms with E-state index in [1.54, 1.807) is 6.92 Å². The predicted octanol–water partition coefficient (Wildman–Crippen LogP) is 8.13. The van der Waals surface area contributed by atoms with E-state index in [1.807, 2.05) is 18.7 Å². The molecular formula is C29H49NO2. The number of carbonyl (C=O) groups is 2. The Morgan fingerprint density at radius 1 is 0.656 bits per heavy atom. The largest absolute Gasteiger partial charge is 0.334 e. The molecule has 0 radical (unpaired) electrons. The van der Waals surface area contributed by atoms with Gasteiger partial charge in [0.15, 0.2) is 0 Å². The van der Waals surface area contributed by atoms with E-state index in [-0.39, 0.29) is 17.2 Å². The van der Waals surface area contributed by atoms with Crippen molar-refractivity contribution in [1.29, 1.82) is 0 Å². The summed E-state index contributed by atoms with van der Waals surface area (Å²) in [5, 5.41) is 0. The Hall–Kier alpha value is -1.90. The highest BCUT2D eigenvalue weighted by Gasteiger charge is 2.25. The summed E-state index contributed by atoms with van der Waals surface area (Å²) >= 11 is 0. The summed E-state index contributed by atoms with van der Waals surface area (Å²) in [4.78, 5) is 25.6. The van der Waals surface area contributed by atoms with Gasteiger partial charge in [-0.3, -0.25) is 4.79 Å². The smallest absolute Gasteiger partial charge is 0.249 e. The maximum absolute atomic E-state index is 12.7. The summed E-state index contributed by atoms with van der Waals surface area (Å²) in [5.74, 6) is 0.405. The molecule has 0 aromatic heterocycles. The number of likely N-dealkylation sites (N-methyl/N-ethyl adjacent to an activating group) is 1. The molecule has 182 valence electrons. The van der Waals surface area contributed by atoms with Crippen LogP contribution in [0.5, 0.6) is 0 Å². The fraction of sp³-hybridized carbons (Fsp3) is 0.655. The van der Waals surface area contributed by atoms with Crippen LogP contribution in [0.15, 0.2) is 46.6 Å². The van der Waals surface area contributed by atoms with Crippen LogP contribution in [-0.4, -0.2) is 28.7 Å². The molecule has 0 spiro atoms. The lowest BCUT2D eigenvalue weighted by Gasteiger charge is -2.35. The zero-order valence-corrected chi connectivity index (χ0v) is 22.4. The van der Waals surface area contributed by atoms with Gasteiger partial charge in [0, 0.05) is 24.1 Å². The lowest BCUT2D eigenvalue weighted by Crippen LogP contribution is -2.45. The highest BCUT2D eigenvalue weighted by Crippen LogP contribution is 2.18. The van der Waals surface area contributed by atoms with Gasteiger partial charge in [-0.05, 0) is 107 Å². The molecule has 0 aromatic rings. The monoisotopic (exact) mass is 443 g/mol. The molecular weight excluding hydrogens is 394 g/mol. The first-order valence-corrected chi connectivity index (χ1v) is 12.3. The minimum atomic E-state index is -0.146. The molecule has 3 heteroatoms. The van der Waals surface area contributed by atoms with Gasteiger partial charge in [-0.2, -0.15) is 0 Å². The zero-order valence-electron chi connectivity index (χ0n) is 22.4. The molecule has 0 saturated heterocycles. The molecule has 0 bridgehead atoms. The zero-order chi connectivity index (χ0) is 24.7. The quantitative estimate of drug-likeness (QED) is 0.201. The molecule has 0 aliphatic rings. The standard InChI is InChI=1S/C29H49NO2/c1-10-30(29(7,8)9)28(32)26(5)21-13-19-24(3)17-11-15-23(2)16-12-18-25(4)20-14-22-27(6)31/h16-17,20-21H,10-15,18-19,22H2,1-9H3. The van der Waals surface area contributed by atoms with Crippen molar-refractivity contribution < 1.29 is 9.59 Å². The number of rotatable bonds is 14. The Bertz CT molecular complexity index is 714. The lowest BCUT2D eigenvalue weighted by atomic mass is 10.0. The number of allylic oxidation sites excluding steroid dienone is 7. The molecule has 0 N–H and O–H groups in total. The van der Waals surface area contributed by atoms with E-state index >= 15 is 0 Å². The molecule has 0 aliphatic heterocycles. The summed E-state index contributed by atoms with van der Waals surface area (Å²) in [5.41, 5.74) is 4.90. The third kappa shape index (κ3) is 14.2. The number of Topliss-reactive ketones (excluding diaryl/α,β-unsaturated/α-hetero) is 1. The maximum Gasteiger partial charge on any atom is 0.249 e. The molecule has 0 atom stereocenters. The fourth-order valence-electron chi connectivity index (χ4n) is 3.66. The minimum absolute atomic E-state index is 0.145. The number of hydrogen-bond donors (Lipinski definition) is 0. The summed E-state index contributed by atoms with van der Waals surface area (Å²) < 4.78 is 0. The Labute approximate surface area is 198 Å². The third-order valence-corrected chi connectivity index (χ3v) is 5.75. The molecule has 0 unspecified atom stereocenters. The van der Waals surface area contributed by atoms with E-state index in [1.165, 1.54) is 16.7 Å². The van der Waals surface area contributed by atoms with Gasteiger partial charge in [0.2, 0.25) is 5.91 Å². The van der Waals surface area contributed by atoms with Crippen LogP contribution in [0.2, 0.25) is 0 Å². The Balaban J connectivity index is 4.38. The molecule has 0 aliphatic carbocycles. The highest BCUT2D eigenvalue weighted by molar-refractivity contribution is 5.93. The first kappa shape index (κ1) is 30.1. The van der Waals surface area contributed by atoms with Gasteiger partial charge in [-0.15, -0.1) is 0 Å². The van der Waals surface area contributed by atoms with E-state index < -0.39 is 0 Å². The second kappa shape index (κ2) is 15.8. The topological polar surface area (TPSA) is 37.4 Å². The van der Waals surface area contributed by atoms with Gasteiger partial charge >= 0.3 is 0 Å². The third-order valence-electron chi connectivity index (χ3n) is 5.75. The lowest BCUT2D eigenvalue weighted by molar-refractivity contribution is -0.131. The van der Waals surface area contributed by atoms with Crippen LogP contribution in [0, 0.1) is 0 Å². The molecule has 0 saturated carbocycles. The van der Waals surface area contributed by atoms with Gasteiger partial charge < -0.3 is 9.69 Å². The van der Waals surface area contributed by atoms with Crippen LogP contribution in [0.3, 0.4) is 0 Å². The van der Waals surface area contributed by atoms with Crippen molar-refractivity contribution in [2.24, 2.45) is 0 Å². The van der Waals surface area contributed by atoms with Gasteiger partial charge in [-0.1, -0.05) is 41.0 Å². The second-order valence-electron chi connectivity index (χ2n) is 10.1. The van der Waals surface area contributed by atoms with Crippen molar-refractivity contribution in [2.45, 2.75) is 119 Å². The predicted molar refractivity (Wildman–Crippen MR) is 140 cm³/mol. The van der Waals surface area contributed by atoms with E-state index in [4.69, 9.17) is 0 Å². The summed E-state index contributed by atoms with van der Waals surface area (Å²) in [7, 11) is 0. The Morgan fingerprint density at radius 3 is 1.38 bits per heavy atom. The molecule has 0 aromatic carbocycles. The van der Waals surface area contributed by atoms with Crippen LogP contribution >= 0.6 is 0 Å². The van der Waals surface area contributed by atoms with Crippen molar-refractivity contribution in [3.63, 3.8) is 0 Å². The summed E-state index contributed by atoms with van der Waals surface area (Å²) in [6.45, 7) is 19.2. The van der Waals surface area contributed by atoms with Crippen LogP contribution in [0.1, 0.15) is 114 Å². The van der Waals surface area contributed by atoms with Crippen LogP contribution < -0.4 is 0 Å². The van der Waals surface area contributed by atoms with E-state index in [0.717, 1.165) is 57.1 Å². The molecule has 0 heterocycles. The normalized spacial score (nSPS) is 14.0. The second-order valence-corrected chi connectivity index (χ2v) is 10.1. The fourth-order valence-corrected chi connectivity index (χ4v) is 3.66. The first-order chi connectivity index (χ1) is 14.9. The average molecular weight is 444 g/mol. The molecule has 0 rings (SSSR count). The highest BCUT2D eigenvalue weighted by atomic mass is 16.2. The van der Waals surface area contributed by atoms with Crippen LogP contribution in [0.25, 0.3) is 0 Å². The number of nitrogens with zero attached hydrogens (tertiary/aromatic N) is 1. The van der Waals surface area contributed by atoms with E-state index in [2.05, 4.69) is 65.8 Å². The molecule has 32 heavy (non-hydrogen) atoms. The molecule has 3 nitrogen and oxygen atoms in total. The van der Waals surface area contributed by atoms with Gasteiger partial charge in [-0.25, -0.2) is 0 Å². The van der Waals surface area contributed by atoms with Gasteiger partial charge in [0.05, 0.1) is 0 Å². The van der Waals surface area contributed by atoms with Gasteiger partial charge in [0.1, 0.15) is 5.78 Å². The number of ketones is 1. The SMILES string of the molecule is CCN(C(=O)C(C)=CCCC(C)=CCCC(C)=CCCC(C)=CCCC(C)=O)C(C)(C)C. The van der Waals surface area contributed by atoms with Crippen molar-refractivity contribution >= 4 is 11.7 Å². The van der Waals surface area contributed by atoms with Crippen molar-refractivity contribution in [3.05, 3.63) is 46.6 Å². The first-order valence-electron chi connectivity index (χ1n) is 12.3. The van der Waals surface area contributed by atoms with Crippen LogP contribution in [-0.2, 0) is 9.59 Å². The summed E-state index contributed by atoms with van der Waals surface area (Å²) in [6, 6.07) is 0. The molecule has 1 amide bonds. The van der Waals surface area contributed by atoms with E-state index in [0.29, 0.717) is 6.42 Å². The van der Waals surface area contributed by atoms with Gasteiger partial charge in [0.25, 0.3) is 0 Å². The Morgan fingerprint density at radius 2 is 1.03 bits per heavy atom. The average Bonchev–Trinajstić information content (AvgIpc) is 2.66. The maximum atomic E-state index is 12.7. The summed E-state index contributed by atoms with van der Waals surface area (Å²) in [6.07, 6.45) is 16.7. The molecule has 0 fully saturated rings. The number of hydrogen-bond acceptors (Lipinski definition) is 2. The van der Waals surface area contributed by atoms with Crippen molar-refractivity contribution in [2.75, 3.05) is 6.54 Å².